The van der Waals surface area contributed by atoms with E-state index in [1.54, 1.807) is 47.2 Å². The van der Waals surface area contributed by atoms with Crippen LogP contribution < -0.4 is 10.5 Å². The van der Waals surface area contributed by atoms with Crippen molar-refractivity contribution in [3.8, 4) is 28.1 Å². The van der Waals surface area contributed by atoms with Gasteiger partial charge in [0, 0.05) is 35.1 Å². The van der Waals surface area contributed by atoms with E-state index in [2.05, 4.69) is 25.5 Å². The highest BCUT2D eigenvalue weighted by Crippen LogP contribution is 2.30. The maximum Gasteiger partial charge on any atom is 0.411 e. The van der Waals surface area contributed by atoms with E-state index in [4.69, 9.17) is 16.7 Å². The van der Waals surface area contributed by atoms with Gasteiger partial charge in [-0.05, 0) is 71.8 Å². The molecule has 3 aromatic heterocycles. The van der Waals surface area contributed by atoms with E-state index in [1.165, 1.54) is 18.1 Å². The first-order chi connectivity index (χ1) is 18.2. The van der Waals surface area contributed by atoms with Gasteiger partial charge in [0.25, 0.3) is 5.56 Å². The fourth-order valence-electron chi connectivity index (χ4n) is 4.37. The lowest BCUT2D eigenvalue weighted by molar-refractivity contribution is 0.203. The van der Waals surface area contributed by atoms with Gasteiger partial charge in [-0.25, -0.2) is 9.78 Å². The molecule has 192 valence electrons. The number of hydrogen-bond acceptors (Lipinski definition) is 6. The van der Waals surface area contributed by atoms with E-state index in [9.17, 15) is 9.59 Å². The van der Waals surface area contributed by atoms with Crippen LogP contribution in [0.5, 0.6) is 0 Å². The van der Waals surface area contributed by atoms with Crippen molar-refractivity contribution in [2.75, 3.05) is 11.9 Å². The number of benzene rings is 2. The van der Waals surface area contributed by atoms with Crippen LogP contribution in [0.25, 0.3) is 28.1 Å². The molecule has 1 unspecified atom stereocenters. The number of aryl methyl sites for hydroxylation is 1. The monoisotopic (exact) mass is 530 g/mol. The largest absolute Gasteiger partial charge is 0.465 e. The van der Waals surface area contributed by atoms with Crippen molar-refractivity contribution in [2.24, 2.45) is 0 Å². The summed E-state index contributed by atoms with van der Waals surface area (Å²) in [6.45, 7) is 3.76. The van der Waals surface area contributed by atoms with Gasteiger partial charge in [0.15, 0.2) is 0 Å². The Kier molecular flexibility index (Phi) is 6.52. The Hall–Kier alpha value is -4.77. The SMILES string of the molecule is Cc1cc(-c2cc(Cl)ccc2-n2cnnn2)cc(=O)n1C(C)c1ncc(-c2ccc(N(C)C(=O)O)cc2)[nH]1. The second-order valence-electron chi connectivity index (χ2n) is 8.76. The Bertz CT molecular complexity index is 1680. The number of tetrazole rings is 1. The average Bonchev–Trinajstić information content (AvgIpc) is 3.61. The van der Waals surface area contributed by atoms with Gasteiger partial charge in [-0.15, -0.1) is 5.10 Å². The molecule has 1 amide bonds. The predicted octanol–water partition coefficient (Wildman–Crippen LogP) is 4.57. The molecule has 0 bridgehead atoms. The summed E-state index contributed by atoms with van der Waals surface area (Å²) < 4.78 is 3.18. The quantitative estimate of drug-likeness (QED) is 0.328. The van der Waals surface area contributed by atoms with Crippen LogP contribution >= 0.6 is 11.6 Å². The van der Waals surface area contributed by atoms with Crippen molar-refractivity contribution in [3.63, 3.8) is 0 Å². The standard InChI is InChI=1S/C26H23ClN8O3/c1-15-10-18(21-12-19(27)6-9-23(21)34-14-29-31-32-34)11-24(36)35(15)16(2)25-28-13-22(30-25)17-4-7-20(8-5-17)33(3)26(37)38/h4-14,16H,1-3H3,(H,28,30)(H,37,38). The Morgan fingerprint density at radius 2 is 1.87 bits per heavy atom. The summed E-state index contributed by atoms with van der Waals surface area (Å²) in [6, 6.07) is 15.5. The zero-order chi connectivity index (χ0) is 27.0. The summed E-state index contributed by atoms with van der Waals surface area (Å²) in [6.07, 6.45) is 2.14. The molecule has 0 saturated carbocycles. The molecule has 0 aliphatic rings. The van der Waals surface area contributed by atoms with Crippen molar-refractivity contribution in [1.82, 2.24) is 34.7 Å². The summed E-state index contributed by atoms with van der Waals surface area (Å²) in [5.41, 5.74) is 4.80. The molecule has 38 heavy (non-hydrogen) atoms. The Morgan fingerprint density at radius 3 is 2.53 bits per heavy atom. The summed E-state index contributed by atoms with van der Waals surface area (Å²) in [7, 11) is 1.48. The highest BCUT2D eigenvalue weighted by molar-refractivity contribution is 6.31. The van der Waals surface area contributed by atoms with Crippen molar-refractivity contribution < 1.29 is 9.90 Å². The third kappa shape index (κ3) is 4.66. The molecule has 12 heteroatoms. The van der Waals surface area contributed by atoms with Crippen LogP contribution in [0.1, 0.15) is 24.5 Å². The van der Waals surface area contributed by atoms with E-state index in [0.717, 1.165) is 27.4 Å². The molecule has 5 rings (SSSR count). The van der Waals surface area contributed by atoms with E-state index in [1.807, 2.05) is 32.0 Å². The molecule has 0 saturated heterocycles. The number of pyridine rings is 1. The normalized spacial score (nSPS) is 11.9. The number of carbonyl (C=O) groups is 1. The second kappa shape index (κ2) is 9.94. The van der Waals surface area contributed by atoms with Gasteiger partial charge in [0.1, 0.15) is 12.2 Å². The molecule has 11 nitrogen and oxygen atoms in total. The van der Waals surface area contributed by atoms with E-state index >= 15 is 0 Å². The average molecular weight is 531 g/mol. The van der Waals surface area contributed by atoms with Gasteiger partial charge in [-0.2, -0.15) is 4.68 Å². The minimum absolute atomic E-state index is 0.200. The molecular weight excluding hydrogens is 508 g/mol. The van der Waals surface area contributed by atoms with E-state index < -0.39 is 6.09 Å². The van der Waals surface area contributed by atoms with Crippen LogP contribution in [0.4, 0.5) is 10.5 Å². The maximum atomic E-state index is 13.4. The fourth-order valence-corrected chi connectivity index (χ4v) is 4.54. The van der Waals surface area contributed by atoms with Gasteiger partial charge >= 0.3 is 6.09 Å². The lowest BCUT2D eigenvalue weighted by atomic mass is 10.0. The summed E-state index contributed by atoms with van der Waals surface area (Å²) in [5.74, 6) is 0.613. The third-order valence-corrected chi connectivity index (χ3v) is 6.59. The second-order valence-corrected chi connectivity index (χ2v) is 9.19. The van der Waals surface area contributed by atoms with Crippen LogP contribution in [0, 0.1) is 6.92 Å². The Labute approximate surface area is 222 Å². The van der Waals surface area contributed by atoms with Gasteiger partial charge in [-0.1, -0.05) is 23.7 Å². The van der Waals surface area contributed by atoms with E-state index in [-0.39, 0.29) is 11.6 Å². The Balaban J connectivity index is 1.46. The topological polar surface area (TPSA) is 135 Å². The lowest BCUT2D eigenvalue weighted by Crippen LogP contribution is -2.26. The number of rotatable bonds is 6. The molecule has 0 aliphatic carbocycles. The maximum absolute atomic E-state index is 13.4. The number of amides is 1. The van der Waals surface area contributed by atoms with Crippen molar-refractivity contribution >= 4 is 23.4 Å². The lowest BCUT2D eigenvalue weighted by Gasteiger charge is -2.18. The number of nitrogens with zero attached hydrogens (tertiary/aromatic N) is 7. The first-order valence-electron chi connectivity index (χ1n) is 11.6. The number of imidazole rings is 1. The van der Waals surface area contributed by atoms with Crippen molar-refractivity contribution in [2.45, 2.75) is 19.9 Å². The van der Waals surface area contributed by atoms with Crippen molar-refractivity contribution in [3.05, 3.63) is 94.0 Å². The third-order valence-electron chi connectivity index (χ3n) is 6.36. The first kappa shape index (κ1) is 24.9. The number of anilines is 1. The zero-order valence-electron chi connectivity index (χ0n) is 20.7. The van der Waals surface area contributed by atoms with Gasteiger partial charge in [-0.3, -0.25) is 9.69 Å². The number of nitrogens with one attached hydrogen (secondary N) is 1. The van der Waals surface area contributed by atoms with Crippen LogP contribution in [0.2, 0.25) is 5.02 Å². The molecule has 1 atom stereocenters. The first-order valence-corrected chi connectivity index (χ1v) is 12.0. The predicted molar refractivity (Wildman–Crippen MR) is 143 cm³/mol. The van der Waals surface area contributed by atoms with Gasteiger partial charge in [0.05, 0.1) is 23.6 Å². The number of H-pyrrole nitrogens is 1. The van der Waals surface area contributed by atoms with Crippen LogP contribution in [0.15, 0.2) is 71.9 Å². The minimum Gasteiger partial charge on any atom is -0.465 e. The number of hydrogen-bond donors (Lipinski definition) is 2. The molecule has 0 aliphatic heterocycles. The number of carboxylic acid groups (broad SMARTS) is 1. The number of aromatic amines is 1. The van der Waals surface area contributed by atoms with Crippen molar-refractivity contribution in [1.29, 1.82) is 0 Å². The Morgan fingerprint density at radius 1 is 1.11 bits per heavy atom. The minimum atomic E-state index is -1.04. The molecule has 5 aromatic rings. The number of halogens is 1. The molecule has 0 spiro atoms. The van der Waals surface area contributed by atoms with Crippen LogP contribution in [-0.2, 0) is 0 Å². The fraction of sp³-hybridized carbons (Fsp3) is 0.154. The summed E-state index contributed by atoms with van der Waals surface area (Å²) in [5, 5.41) is 21.1. The molecule has 2 N–H and O–H groups in total. The smallest absolute Gasteiger partial charge is 0.411 e. The highest BCUT2D eigenvalue weighted by Gasteiger charge is 2.18. The van der Waals surface area contributed by atoms with Crippen LogP contribution in [-0.4, -0.2) is 53.0 Å². The van der Waals surface area contributed by atoms with E-state index in [0.29, 0.717) is 27.8 Å². The molecule has 0 fully saturated rings. The highest BCUT2D eigenvalue weighted by atomic mass is 35.5. The van der Waals surface area contributed by atoms with Gasteiger partial charge < -0.3 is 14.7 Å². The van der Waals surface area contributed by atoms with Crippen LogP contribution in [0.3, 0.4) is 0 Å². The molecule has 2 aromatic carbocycles. The summed E-state index contributed by atoms with van der Waals surface area (Å²) in [4.78, 5) is 33.5. The summed E-state index contributed by atoms with van der Waals surface area (Å²) >= 11 is 6.28. The molecule has 3 heterocycles. The zero-order valence-corrected chi connectivity index (χ0v) is 21.5. The van der Waals surface area contributed by atoms with Gasteiger partial charge in [0.2, 0.25) is 0 Å². The molecule has 0 radical (unpaired) electrons. The molecular formula is C26H23ClN8O3. The number of aromatic nitrogens is 7.